The van der Waals surface area contributed by atoms with Crippen LogP contribution in [0.15, 0.2) is 66.0 Å². The van der Waals surface area contributed by atoms with Gasteiger partial charge in [-0.1, -0.05) is 43.7 Å². The van der Waals surface area contributed by atoms with Crippen LogP contribution in [0.1, 0.15) is 64.6 Å². The summed E-state index contributed by atoms with van der Waals surface area (Å²) in [6.45, 7) is 6.07. The van der Waals surface area contributed by atoms with E-state index in [1.165, 1.54) is 18.3 Å². The van der Waals surface area contributed by atoms with Crippen LogP contribution >= 0.6 is 0 Å². The number of carboxylic acid groups (broad SMARTS) is 1. The lowest BCUT2D eigenvalue weighted by Gasteiger charge is -2.39. The van der Waals surface area contributed by atoms with Gasteiger partial charge in [0.05, 0.1) is 11.8 Å². The molecule has 3 aromatic rings. The Morgan fingerprint density at radius 2 is 1.77 bits per heavy atom. The van der Waals surface area contributed by atoms with Crippen LogP contribution in [-0.2, 0) is 4.79 Å². The highest BCUT2D eigenvalue weighted by molar-refractivity contribution is 6.08. The number of benzene rings is 2. The molecule has 2 heterocycles. The van der Waals surface area contributed by atoms with Crippen LogP contribution in [0, 0.1) is 12.3 Å². The van der Waals surface area contributed by atoms with E-state index in [0.29, 0.717) is 35.5 Å². The Morgan fingerprint density at radius 1 is 1.09 bits per heavy atom. The van der Waals surface area contributed by atoms with Gasteiger partial charge < -0.3 is 15.7 Å². The minimum atomic E-state index is -1.02. The summed E-state index contributed by atoms with van der Waals surface area (Å²) in [7, 11) is 0. The second-order valence-electron chi connectivity index (χ2n) is 9.96. The Hall–Kier alpha value is -4.20. The van der Waals surface area contributed by atoms with Crippen LogP contribution in [0.2, 0.25) is 0 Å². The molecular weight excluding hydrogens is 444 g/mol. The molecule has 3 N–H and O–H groups in total. The Balaban J connectivity index is 1.58. The van der Waals surface area contributed by atoms with E-state index < -0.39 is 12.0 Å². The summed E-state index contributed by atoms with van der Waals surface area (Å²) in [6, 6.07) is 13.4. The van der Waals surface area contributed by atoms with Crippen molar-refractivity contribution in [2.45, 2.75) is 39.7 Å². The number of carbonyl (C=O) groups is 3. The second kappa shape index (κ2) is 8.23. The third-order valence-corrected chi connectivity index (χ3v) is 6.53. The van der Waals surface area contributed by atoms with Gasteiger partial charge in [-0.05, 0) is 48.6 Å². The van der Waals surface area contributed by atoms with E-state index in [-0.39, 0.29) is 22.7 Å². The summed E-state index contributed by atoms with van der Waals surface area (Å²) in [5.74, 6) is -0.811. The third-order valence-electron chi connectivity index (χ3n) is 6.53. The number of nitrogens with one attached hydrogen (secondary N) is 2. The van der Waals surface area contributed by atoms with Crippen molar-refractivity contribution in [2.24, 2.45) is 5.41 Å². The Labute approximate surface area is 202 Å². The van der Waals surface area contributed by atoms with Gasteiger partial charge in [-0.3, -0.25) is 9.59 Å². The van der Waals surface area contributed by atoms with E-state index in [0.717, 1.165) is 16.8 Å². The SMILES string of the molecule is Cc1ccc(NC(=O)c2cnn3c2NC2=C(C(=O)CC(C)(C)C2)[C@@H]3c2ccc(C(=O)O)cc2)cc1. The van der Waals surface area contributed by atoms with Crippen molar-refractivity contribution in [3.8, 4) is 0 Å². The molecule has 1 amide bonds. The predicted octanol–water partition coefficient (Wildman–Crippen LogP) is 4.80. The van der Waals surface area contributed by atoms with Crippen molar-refractivity contribution >= 4 is 29.2 Å². The minimum Gasteiger partial charge on any atom is -0.478 e. The Kier molecular flexibility index (Phi) is 5.31. The first-order chi connectivity index (χ1) is 16.6. The molecule has 8 heteroatoms. The van der Waals surface area contributed by atoms with Crippen LogP contribution in [0.5, 0.6) is 0 Å². The molecular formula is C27H26N4O4. The molecule has 0 unspecified atom stereocenters. The fraction of sp³-hybridized carbons (Fsp3) is 0.259. The number of nitrogens with zero attached hydrogens (tertiary/aromatic N) is 2. The smallest absolute Gasteiger partial charge is 0.335 e. The van der Waals surface area contributed by atoms with Crippen LogP contribution in [0.25, 0.3) is 0 Å². The van der Waals surface area contributed by atoms with Crippen LogP contribution in [0.3, 0.4) is 0 Å². The van der Waals surface area contributed by atoms with Crippen LogP contribution in [-0.4, -0.2) is 32.5 Å². The molecule has 0 saturated heterocycles. The van der Waals surface area contributed by atoms with Crippen LogP contribution < -0.4 is 10.6 Å². The Bertz CT molecular complexity index is 1380. The maximum Gasteiger partial charge on any atom is 0.335 e. The average molecular weight is 471 g/mol. The minimum absolute atomic E-state index is 0.0165. The second-order valence-corrected chi connectivity index (χ2v) is 9.96. The fourth-order valence-electron chi connectivity index (χ4n) is 4.83. The molecule has 0 spiro atoms. The topological polar surface area (TPSA) is 113 Å². The monoisotopic (exact) mass is 470 g/mol. The summed E-state index contributed by atoms with van der Waals surface area (Å²) >= 11 is 0. The number of allylic oxidation sites excluding steroid dienone is 2. The number of anilines is 2. The lowest BCUT2D eigenvalue weighted by Crippen LogP contribution is -2.37. The molecule has 0 saturated carbocycles. The van der Waals surface area contributed by atoms with E-state index in [1.807, 2.05) is 45.0 Å². The molecule has 178 valence electrons. The molecule has 0 fully saturated rings. The van der Waals surface area contributed by atoms with Gasteiger partial charge in [0, 0.05) is 23.4 Å². The molecule has 2 aromatic carbocycles. The highest BCUT2D eigenvalue weighted by Crippen LogP contribution is 2.46. The number of ketones is 1. The first-order valence-electron chi connectivity index (χ1n) is 11.4. The molecule has 8 nitrogen and oxygen atoms in total. The number of carbonyl (C=O) groups excluding carboxylic acids is 2. The zero-order chi connectivity index (χ0) is 24.9. The molecule has 0 radical (unpaired) electrons. The van der Waals surface area contributed by atoms with Crippen molar-refractivity contribution in [1.82, 2.24) is 9.78 Å². The highest BCUT2D eigenvalue weighted by Gasteiger charge is 2.42. The molecule has 0 bridgehead atoms. The largest absolute Gasteiger partial charge is 0.478 e. The predicted molar refractivity (Wildman–Crippen MR) is 132 cm³/mol. The maximum atomic E-state index is 13.3. The van der Waals surface area contributed by atoms with E-state index in [1.54, 1.807) is 16.8 Å². The van der Waals surface area contributed by atoms with Gasteiger partial charge in [-0.2, -0.15) is 5.10 Å². The van der Waals surface area contributed by atoms with Gasteiger partial charge in [-0.15, -0.1) is 0 Å². The number of hydrogen-bond acceptors (Lipinski definition) is 5. The van der Waals surface area contributed by atoms with Gasteiger partial charge in [-0.25, -0.2) is 9.48 Å². The Morgan fingerprint density at radius 3 is 2.43 bits per heavy atom. The zero-order valence-electron chi connectivity index (χ0n) is 19.8. The molecule has 2 aliphatic rings. The van der Waals surface area contributed by atoms with E-state index in [2.05, 4.69) is 15.7 Å². The summed E-state index contributed by atoms with van der Waals surface area (Å²) in [4.78, 5) is 37.9. The lowest BCUT2D eigenvalue weighted by atomic mass is 9.73. The molecule has 1 atom stereocenters. The van der Waals surface area contributed by atoms with Crippen LogP contribution in [0.4, 0.5) is 11.5 Å². The van der Waals surface area contributed by atoms with Gasteiger partial charge in [0.2, 0.25) is 0 Å². The van der Waals surface area contributed by atoms with E-state index in [9.17, 15) is 19.5 Å². The van der Waals surface area contributed by atoms with Gasteiger partial charge >= 0.3 is 5.97 Å². The van der Waals surface area contributed by atoms with E-state index in [4.69, 9.17) is 0 Å². The van der Waals surface area contributed by atoms with E-state index >= 15 is 0 Å². The van der Waals surface area contributed by atoms with Gasteiger partial charge in [0.25, 0.3) is 5.91 Å². The summed E-state index contributed by atoms with van der Waals surface area (Å²) in [5, 5.41) is 20.1. The number of carboxylic acids is 1. The summed E-state index contributed by atoms with van der Waals surface area (Å²) < 4.78 is 1.65. The molecule has 1 aliphatic heterocycles. The molecule has 1 aromatic heterocycles. The van der Waals surface area contributed by atoms with Gasteiger partial charge in [0.15, 0.2) is 5.78 Å². The van der Waals surface area contributed by atoms with Crippen molar-refractivity contribution in [2.75, 3.05) is 10.6 Å². The first kappa shape index (κ1) is 22.6. The van der Waals surface area contributed by atoms with Crippen molar-refractivity contribution in [3.63, 3.8) is 0 Å². The zero-order valence-corrected chi connectivity index (χ0v) is 19.8. The van der Waals surface area contributed by atoms with Crippen molar-refractivity contribution < 1.29 is 19.5 Å². The number of rotatable bonds is 4. The number of fused-ring (bicyclic) bond motifs is 1. The molecule has 35 heavy (non-hydrogen) atoms. The highest BCUT2D eigenvalue weighted by atomic mass is 16.4. The van der Waals surface area contributed by atoms with Crippen molar-refractivity contribution in [3.05, 3.63) is 88.3 Å². The van der Waals surface area contributed by atoms with Gasteiger partial charge in [0.1, 0.15) is 17.4 Å². The lowest BCUT2D eigenvalue weighted by molar-refractivity contribution is -0.118. The standard InChI is InChI=1S/C27H26N4O4/c1-15-4-10-18(11-5-15)29-25(33)19-14-28-31-23(16-6-8-17(9-7-16)26(34)35)22-20(30-24(19)31)12-27(2,3)13-21(22)32/h4-11,14,23,30H,12-13H2,1-3H3,(H,29,33)(H,34,35)/t23-/m0/s1. The first-order valence-corrected chi connectivity index (χ1v) is 11.4. The number of aromatic nitrogens is 2. The normalized spacial score (nSPS) is 18.4. The van der Waals surface area contributed by atoms with Crippen molar-refractivity contribution in [1.29, 1.82) is 0 Å². The number of hydrogen-bond donors (Lipinski definition) is 3. The maximum absolute atomic E-state index is 13.3. The number of Topliss-reactive ketones (excluding diaryl/α,β-unsaturated/α-hetero) is 1. The number of aryl methyl sites for hydroxylation is 1. The number of amides is 1. The number of aromatic carboxylic acids is 1. The summed E-state index contributed by atoms with van der Waals surface area (Å²) in [6.07, 6.45) is 2.54. The summed E-state index contributed by atoms with van der Waals surface area (Å²) in [5.41, 5.74) is 4.16. The third kappa shape index (κ3) is 4.12. The average Bonchev–Trinajstić information content (AvgIpc) is 3.22. The fourth-order valence-corrected chi connectivity index (χ4v) is 4.83. The molecule has 5 rings (SSSR count). The quantitative estimate of drug-likeness (QED) is 0.505. The molecule has 1 aliphatic carbocycles.